The number of alkyl halides is 3. The van der Waals surface area contributed by atoms with Gasteiger partial charge in [-0.15, -0.1) is 38.0 Å². The fourth-order valence-electron chi connectivity index (χ4n) is 2.68. The summed E-state index contributed by atoms with van der Waals surface area (Å²) in [5.74, 6) is -0.978. The highest BCUT2D eigenvalue weighted by Crippen LogP contribution is 2.39. The van der Waals surface area contributed by atoms with E-state index in [0.29, 0.717) is 12.0 Å². The number of phenolic OH excluding ortho intramolecular Hbond substituents is 1. The van der Waals surface area contributed by atoms with Gasteiger partial charge in [-0.1, -0.05) is 19.1 Å². The Balaban J connectivity index is 0.00000242. The number of halogens is 5. The summed E-state index contributed by atoms with van der Waals surface area (Å²) < 4.78 is 40.9. The van der Waals surface area contributed by atoms with Crippen molar-refractivity contribution in [1.29, 1.82) is 0 Å². The number of hydrogen-bond donors (Lipinski definition) is 2. The van der Waals surface area contributed by atoms with Crippen molar-refractivity contribution in [3.63, 3.8) is 0 Å². The molecule has 2 N–H and O–H groups in total. The number of phenols is 1. The van der Waals surface area contributed by atoms with Crippen LogP contribution in [0, 0.1) is 0 Å². The molecule has 0 bridgehead atoms. The molecule has 0 saturated carbocycles. The van der Waals surface area contributed by atoms with Crippen molar-refractivity contribution in [1.82, 2.24) is 10.2 Å². The number of aromatic hydroxyl groups is 1. The molecule has 1 atom stereocenters. The molecule has 23 heavy (non-hydrogen) atoms. The average molecular weight is 377 g/mol. The van der Waals surface area contributed by atoms with Gasteiger partial charge in [0.05, 0.1) is 0 Å². The summed E-state index contributed by atoms with van der Waals surface area (Å²) in [6.45, 7) is 5.19. The molecule has 2 rings (SSSR count). The van der Waals surface area contributed by atoms with Crippen LogP contribution in [-0.2, 0) is 0 Å². The largest absolute Gasteiger partial charge is 0.573 e. The van der Waals surface area contributed by atoms with E-state index >= 15 is 0 Å². The first-order valence-corrected chi connectivity index (χ1v) is 6.94. The van der Waals surface area contributed by atoms with Gasteiger partial charge in [-0.3, -0.25) is 4.90 Å². The van der Waals surface area contributed by atoms with Crippen LogP contribution in [0.5, 0.6) is 11.5 Å². The zero-order valence-corrected chi connectivity index (χ0v) is 14.2. The lowest BCUT2D eigenvalue weighted by Crippen LogP contribution is -2.45. The van der Waals surface area contributed by atoms with Gasteiger partial charge in [0, 0.05) is 37.8 Å². The van der Waals surface area contributed by atoms with E-state index in [9.17, 15) is 18.3 Å². The summed E-state index contributed by atoms with van der Waals surface area (Å²) in [4.78, 5) is 2.16. The van der Waals surface area contributed by atoms with Gasteiger partial charge in [-0.25, -0.2) is 0 Å². The van der Waals surface area contributed by atoms with Crippen LogP contribution in [0.3, 0.4) is 0 Å². The number of benzene rings is 1. The van der Waals surface area contributed by atoms with Crippen LogP contribution in [-0.4, -0.2) is 42.5 Å². The average Bonchev–Trinajstić information content (AvgIpc) is 2.43. The van der Waals surface area contributed by atoms with Gasteiger partial charge < -0.3 is 15.2 Å². The van der Waals surface area contributed by atoms with E-state index < -0.39 is 17.9 Å². The number of para-hydroxylation sites is 1. The molecule has 1 heterocycles. The molecule has 134 valence electrons. The quantitative estimate of drug-likeness (QED) is 0.843. The van der Waals surface area contributed by atoms with Crippen molar-refractivity contribution in [2.75, 3.05) is 26.2 Å². The van der Waals surface area contributed by atoms with E-state index in [1.807, 2.05) is 6.92 Å². The van der Waals surface area contributed by atoms with Crippen molar-refractivity contribution in [3.8, 4) is 11.5 Å². The number of ether oxygens (including phenoxy) is 1. The van der Waals surface area contributed by atoms with Gasteiger partial charge in [-0.05, 0) is 12.5 Å². The van der Waals surface area contributed by atoms with Crippen molar-refractivity contribution in [2.45, 2.75) is 25.7 Å². The maximum Gasteiger partial charge on any atom is 0.573 e. The summed E-state index contributed by atoms with van der Waals surface area (Å²) in [6.07, 6.45) is -4.12. The van der Waals surface area contributed by atoms with E-state index in [4.69, 9.17) is 0 Å². The van der Waals surface area contributed by atoms with E-state index in [1.54, 1.807) is 6.07 Å². The Kier molecular flexibility index (Phi) is 9.05. The number of nitrogens with zero attached hydrogens (tertiary/aromatic N) is 1. The highest BCUT2D eigenvalue weighted by Gasteiger charge is 2.33. The second-order valence-electron chi connectivity index (χ2n) is 4.95. The van der Waals surface area contributed by atoms with Crippen LogP contribution in [0.2, 0.25) is 0 Å². The summed E-state index contributed by atoms with van der Waals surface area (Å²) in [5.41, 5.74) is 0.473. The zero-order valence-electron chi connectivity index (χ0n) is 12.6. The Hall–Kier alpha value is -0.890. The summed E-state index contributed by atoms with van der Waals surface area (Å²) >= 11 is 0. The van der Waals surface area contributed by atoms with Gasteiger partial charge in [0.15, 0.2) is 11.5 Å². The van der Waals surface area contributed by atoms with Crippen molar-refractivity contribution in [2.24, 2.45) is 0 Å². The Morgan fingerprint density at radius 1 is 1.26 bits per heavy atom. The van der Waals surface area contributed by atoms with Gasteiger partial charge in [0.1, 0.15) is 0 Å². The maximum atomic E-state index is 12.3. The molecule has 0 spiro atoms. The molecule has 1 aliphatic rings. The third-order valence-electron chi connectivity index (χ3n) is 3.59. The summed E-state index contributed by atoms with van der Waals surface area (Å²) in [7, 11) is 0. The van der Waals surface area contributed by atoms with Crippen LogP contribution in [0.4, 0.5) is 13.2 Å². The highest BCUT2D eigenvalue weighted by molar-refractivity contribution is 5.85. The van der Waals surface area contributed by atoms with Crippen molar-refractivity contribution in [3.05, 3.63) is 23.8 Å². The highest BCUT2D eigenvalue weighted by atomic mass is 35.5. The lowest BCUT2D eigenvalue weighted by atomic mass is 10.0. The van der Waals surface area contributed by atoms with Crippen molar-refractivity contribution < 1.29 is 23.0 Å². The predicted octanol–water partition coefficient (Wildman–Crippen LogP) is 3.49. The maximum absolute atomic E-state index is 12.3. The number of piperazine rings is 1. The van der Waals surface area contributed by atoms with Crippen LogP contribution < -0.4 is 10.1 Å². The molecule has 4 nitrogen and oxygen atoms in total. The summed E-state index contributed by atoms with van der Waals surface area (Å²) in [6, 6.07) is 4.12. The van der Waals surface area contributed by atoms with E-state index in [0.717, 1.165) is 32.2 Å². The first-order chi connectivity index (χ1) is 9.92. The molecular weight excluding hydrogens is 356 g/mol. The molecule has 0 aliphatic carbocycles. The van der Waals surface area contributed by atoms with Gasteiger partial charge in [0.2, 0.25) is 0 Å². The molecular formula is C14H21Cl2F3N2O2. The van der Waals surface area contributed by atoms with Crippen LogP contribution >= 0.6 is 24.8 Å². The standard InChI is InChI=1S/C14H19F3N2O2.2ClH/c1-2-11(19-8-6-18-7-9-19)10-4-3-5-12(13(10)20)21-14(15,16)17;;/h3-5,11,18,20H,2,6-9H2,1H3;2*1H/t11-;;/m1../s1. The minimum absolute atomic E-state index is 0. The third-order valence-corrected chi connectivity index (χ3v) is 3.59. The minimum Gasteiger partial charge on any atom is -0.504 e. The van der Waals surface area contributed by atoms with E-state index in [-0.39, 0.29) is 30.9 Å². The molecule has 0 unspecified atom stereocenters. The Morgan fingerprint density at radius 3 is 2.39 bits per heavy atom. The molecule has 0 radical (unpaired) electrons. The number of hydrogen-bond acceptors (Lipinski definition) is 4. The molecule has 0 amide bonds. The molecule has 0 aromatic heterocycles. The van der Waals surface area contributed by atoms with Crippen molar-refractivity contribution >= 4 is 24.8 Å². The fraction of sp³-hybridized carbons (Fsp3) is 0.571. The second-order valence-corrected chi connectivity index (χ2v) is 4.95. The molecule has 1 saturated heterocycles. The minimum atomic E-state index is -4.81. The Morgan fingerprint density at radius 2 is 1.87 bits per heavy atom. The Bertz CT molecular complexity index is 484. The molecule has 1 fully saturated rings. The van der Waals surface area contributed by atoms with E-state index in [1.165, 1.54) is 6.07 Å². The topological polar surface area (TPSA) is 44.7 Å². The number of nitrogens with one attached hydrogen (secondary N) is 1. The third kappa shape index (κ3) is 5.91. The number of rotatable bonds is 4. The fourth-order valence-corrected chi connectivity index (χ4v) is 2.68. The normalized spacial score (nSPS) is 16.9. The molecule has 1 aromatic rings. The first-order valence-electron chi connectivity index (χ1n) is 6.94. The van der Waals surface area contributed by atoms with Crippen LogP contribution in [0.25, 0.3) is 0 Å². The first kappa shape index (κ1) is 22.1. The Labute approximate surface area is 145 Å². The molecule has 1 aliphatic heterocycles. The van der Waals surface area contributed by atoms with Crippen LogP contribution in [0.1, 0.15) is 24.9 Å². The van der Waals surface area contributed by atoms with Gasteiger partial charge in [-0.2, -0.15) is 0 Å². The van der Waals surface area contributed by atoms with Gasteiger partial charge >= 0.3 is 6.36 Å². The molecule has 1 aromatic carbocycles. The van der Waals surface area contributed by atoms with E-state index in [2.05, 4.69) is 15.0 Å². The molecule has 9 heteroatoms. The lowest BCUT2D eigenvalue weighted by Gasteiger charge is -2.35. The SMILES string of the molecule is CC[C@H](c1cccc(OC(F)(F)F)c1O)N1CCNCC1.Cl.Cl. The second kappa shape index (κ2) is 9.42. The van der Waals surface area contributed by atoms with Gasteiger partial charge in [0.25, 0.3) is 0 Å². The predicted molar refractivity (Wildman–Crippen MR) is 86.8 cm³/mol. The van der Waals surface area contributed by atoms with Crippen LogP contribution in [0.15, 0.2) is 18.2 Å². The zero-order chi connectivity index (χ0) is 15.5. The monoisotopic (exact) mass is 376 g/mol. The lowest BCUT2D eigenvalue weighted by molar-refractivity contribution is -0.275. The summed E-state index contributed by atoms with van der Waals surface area (Å²) in [5, 5.41) is 13.3. The smallest absolute Gasteiger partial charge is 0.504 e.